The molecule has 1 heterocycles. The van der Waals surface area contributed by atoms with Gasteiger partial charge in [-0.25, -0.2) is 0 Å². The quantitative estimate of drug-likeness (QED) is 0.576. The van der Waals surface area contributed by atoms with Crippen LogP contribution in [0.1, 0.15) is 44.6 Å². The Labute approximate surface area is 189 Å². The van der Waals surface area contributed by atoms with Gasteiger partial charge in [-0.05, 0) is 69.3 Å². The van der Waals surface area contributed by atoms with Crippen LogP contribution in [0.25, 0.3) is 0 Å². The normalized spacial score (nSPS) is 17.0. The summed E-state index contributed by atoms with van der Waals surface area (Å²) in [4.78, 5) is 27.2. The molecule has 2 atom stereocenters. The number of carbonyl (C=O) groups is 2. The topological polar surface area (TPSA) is 58.6 Å². The van der Waals surface area contributed by atoms with Gasteiger partial charge in [-0.2, -0.15) is 0 Å². The zero-order chi connectivity index (χ0) is 22.2. The number of para-hydroxylation sites is 1. The molecule has 1 N–H and O–H groups in total. The van der Waals surface area contributed by atoms with Crippen LogP contribution in [0.2, 0.25) is 5.02 Å². The Balaban J connectivity index is 1.61. The predicted octanol–water partition coefficient (Wildman–Crippen LogP) is 5.12. The summed E-state index contributed by atoms with van der Waals surface area (Å²) in [5, 5.41) is 3.47. The number of esters is 1. The maximum atomic E-state index is 12.7. The van der Waals surface area contributed by atoms with E-state index in [9.17, 15) is 9.59 Å². The summed E-state index contributed by atoms with van der Waals surface area (Å²) in [7, 11) is 0. The fourth-order valence-electron chi connectivity index (χ4n) is 4.33. The predicted molar refractivity (Wildman–Crippen MR) is 124 cm³/mol. The number of benzene rings is 2. The first-order valence-corrected chi connectivity index (χ1v) is 11.4. The highest BCUT2D eigenvalue weighted by atomic mass is 35.5. The Hall–Kier alpha value is -2.37. The Kier molecular flexibility index (Phi) is 8.50. The van der Waals surface area contributed by atoms with Gasteiger partial charge >= 0.3 is 5.97 Å². The third-order valence-electron chi connectivity index (χ3n) is 6.12. The minimum absolute atomic E-state index is 0.0577. The first-order chi connectivity index (χ1) is 15.0. The molecule has 1 saturated heterocycles. The zero-order valence-corrected chi connectivity index (χ0v) is 19.0. The van der Waals surface area contributed by atoms with Crippen molar-refractivity contribution in [3.8, 4) is 0 Å². The molecule has 5 nitrogen and oxygen atoms in total. The molecule has 3 rings (SSSR count). The fourth-order valence-corrected chi connectivity index (χ4v) is 4.51. The Morgan fingerprint density at radius 2 is 1.74 bits per heavy atom. The summed E-state index contributed by atoms with van der Waals surface area (Å²) in [6.07, 6.45) is 2.26. The lowest BCUT2D eigenvalue weighted by Crippen LogP contribution is -2.46. The van der Waals surface area contributed by atoms with E-state index in [1.807, 2.05) is 44.2 Å². The van der Waals surface area contributed by atoms with Crippen LogP contribution in [0.15, 0.2) is 54.6 Å². The number of hydrogen-bond donors (Lipinski definition) is 1. The first kappa shape index (κ1) is 23.3. The molecule has 2 aromatic carbocycles. The number of likely N-dealkylation sites (tertiary alicyclic amines) is 1. The van der Waals surface area contributed by atoms with Gasteiger partial charge in [0.15, 0.2) is 0 Å². The number of anilines is 1. The van der Waals surface area contributed by atoms with E-state index < -0.39 is 0 Å². The molecular formula is C25H31ClN2O3. The van der Waals surface area contributed by atoms with E-state index in [1.54, 1.807) is 12.1 Å². The standard InChI is InChI=1S/C25H31ClN2O3/c1-3-31-24(29)17-21(19-9-5-4-6-10-19)20-13-15-28(16-14-20)18(2)25(30)27-23-12-8-7-11-22(23)26/h4-12,18,20-21H,3,13-17H2,1-2H3,(H,27,30)/t18-,21-/m0/s1. The molecule has 1 aliphatic heterocycles. The van der Waals surface area contributed by atoms with Crippen molar-refractivity contribution < 1.29 is 14.3 Å². The molecule has 0 aliphatic carbocycles. The van der Waals surface area contributed by atoms with Gasteiger partial charge in [0.2, 0.25) is 5.91 Å². The second kappa shape index (κ2) is 11.3. The lowest BCUT2D eigenvalue weighted by molar-refractivity contribution is -0.144. The van der Waals surface area contributed by atoms with Crippen molar-refractivity contribution >= 4 is 29.2 Å². The average molecular weight is 443 g/mol. The van der Waals surface area contributed by atoms with Gasteiger partial charge in [-0.15, -0.1) is 0 Å². The lowest BCUT2D eigenvalue weighted by Gasteiger charge is -2.38. The van der Waals surface area contributed by atoms with E-state index in [1.165, 1.54) is 5.56 Å². The minimum Gasteiger partial charge on any atom is -0.466 e. The second-order valence-corrected chi connectivity index (χ2v) is 8.45. The number of nitrogens with zero attached hydrogens (tertiary/aromatic N) is 1. The summed E-state index contributed by atoms with van der Waals surface area (Å²) >= 11 is 6.17. The van der Waals surface area contributed by atoms with Crippen molar-refractivity contribution in [2.45, 2.75) is 45.1 Å². The largest absolute Gasteiger partial charge is 0.466 e. The van der Waals surface area contributed by atoms with Crippen LogP contribution in [-0.2, 0) is 14.3 Å². The van der Waals surface area contributed by atoms with Crippen molar-refractivity contribution in [3.05, 3.63) is 65.2 Å². The molecule has 0 unspecified atom stereocenters. The molecule has 0 saturated carbocycles. The maximum absolute atomic E-state index is 12.7. The van der Waals surface area contributed by atoms with Crippen molar-refractivity contribution in [2.24, 2.45) is 5.92 Å². The third-order valence-corrected chi connectivity index (χ3v) is 6.45. The Bertz CT molecular complexity index is 866. The van der Waals surface area contributed by atoms with Gasteiger partial charge < -0.3 is 10.1 Å². The van der Waals surface area contributed by atoms with Crippen LogP contribution < -0.4 is 5.32 Å². The molecule has 0 bridgehead atoms. The molecule has 2 aromatic rings. The number of piperidine rings is 1. The highest BCUT2D eigenvalue weighted by molar-refractivity contribution is 6.33. The van der Waals surface area contributed by atoms with Gasteiger partial charge in [0.05, 0.1) is 29.8 Å². The number of ether oxygens (including phenoxy) is 1. The van der Waals surface area contributed by atoms with E-state index in [4.69, 9.17) is 16.3 Å². The third kappa shape index (κ3) is 6.31. The monoisotopic (exact) mass is 442 g/mol. The van der Waals surface area contributed by atoms with E-state index >= 15 is 0 Å². The van der Waals surface area contributed by atoms with E-state index in [0.717, 1.165) is 25.9 Å². The summed E-state index contributed by atoms with van der Waals surface area (Å²) in [5.74, 6) is 0.306. The molecule has 31 heavy (non-hydrogen) atoms. The summed E-state index contributed by atoms with van der Waals surface area (Å²) < 4.78 is 5.23. The summed E-state index contributed by atoms with van der Waals surface area (Å²) in [6, 6.07) is 17.2. The number of hydrogen-bond acceptors (Lipinski definition) is 4. The molecule has 0 aromatic heterocycles. The molecule has 0 radical (unpaired) electrons. The van der Waals surface area contributed by atoms with Crippen LogP contribution in [0.4, 0.5) is 5.69 Å². The smallest absolute Gasteiger partial charge is 0.306 e. The first-order valence-electron chi connectivity index (χ1n) is 11.0. The lowest BCUT2D eigenvalue weighted by atomic mass is 9.78. The van der Waals surface area contributed by atoms with Gasteiger partial charge in [0.1, 0.15) is 0 Å². The number of amides is 1. The number of carbonyl (C=O) groups excluding carboxylic acids is 2. The highest BCUT2D eigenvalue weighted by Crippen LogP contribution is 2.36. The van der Waals surface area contributed by atoms with Crippen LogP contribution in [-0.4, -0.2) is 42.5 Å². The van der Waals surface area contributed by atoms with Gasteiger partial charge in [-0.3, -0.25) is 14.5 Å². The van der Waals surface area contributed by atoms with Crippen LogP contribution in [0.3, 0.4) is 0 Å². The molecule has 0 spiro atoms. The summed E-state index contributed by atoms with van der Waals surface area (Å²) in [6.45, 7) is 5.79. The Morgan fingerprint density at radius 1 is 1.10 bits per heavy atom. The highest BCUT2D eigenvalue weighted by Gasteiger charge is 2.32. The summed E-state index contributed by atoms with van der Waals surface area (Å²) in [5.41, 5.74) is 1.81. The minimum atomic E-state index is -0.252. The van der Waals surface area contributed by atoms with E-state index in [2.05, 4.69) is 22.3 Å². The van der Waals surface area contributed by atoms with Gasteiger partial charge in [0, 0.05) is 0 Å². The fraction of sp³-hybridized carbons (Fsp3) is 0.440. The van der Waals surface area contributed by atoms with Crippen LogP contribution in [0.5, 0.6) is 0 Å². The van der Waals surface area contributed by atoms with Crippen molar-refractivity contribution in [1.82, 2.24) is 4.90 Å². The van der Waals surface area contributed by atoms with Crippen molar-refractivity contribution in [1.29, 1.82) is 0 Å². The van der Waals surface area contributed by atoms with Gasteiger partial charge in [-0.1, -0.05) is 54.1 Å². The van der Waals surface area contributed by atoms with Crippen molar-refractivity contribution in [3.63, 3.8) is 0 Å². The average Bonchev–Trinajstić information content (AvgIpc) is 2.79. The Morgan fingerprint density at radius 3 is 2.39 bits per heavy atom. The van der Waals surface area contributed by atoms with E-state index in [0.29, 0.717) is 29.7 Å². The van der Waals surface area contributed by atoms with Crippen molar-refractivity contribution in [2.75, 3.05) is 25.0 Å². The van der Waals surface area contributed by atoms with E-state index in [-0.39, 0.29) is 23.8 Å². The molecular weight excluding hydrogens is 412 g/mol. The molecule has 1 aliphatic rings. The number of halogens is 1. The SMILES string of the molecule is CCOC(=O)C[C@@H](c1ccccc1)C1CCN([C@@H](C)C(=O)Nc2ccccc2Cl)CC1. The van der Waals surface area contributed by atoms with Crippen LogP contribution in [0, 0.1) is 5.92 Å². The number of nitrogens with one attached hydrogen (secondary N) is 1. The maximum Gasteiger partial charge on any atom is 0.306 e. The van der Waals surface area contributed by atoms with Gasteiger partial charge in [0.25, 0.3) is 0 Å². The van der Waals surface area contributed by atoms with Crippen LogP contribution >= 0.6 is 11.6 Å². The molecule has 6 heteroatoms. The molecule has 166 valence electrons. The number of rotatable bonds is 8. The molecule has 1 fully saturated rings. The second-order valence-electron chi connectivity index (χ2n) is 8.04. The zero-order valence-electron chi connectivity index (χ0n) is 18.2. The molecule has 1 amide bonds.